The first-order chi connectivity index (χ1) is 19.3. The monoisotopic (exact) mass is 550 g/mol. The molecule has 3 fully saturated rings. The number of amides is 2. The molecule has 2 aromatic rings. The van der Waals surface area contributed by atoms with Crippen molar-refractivity contribution in [2.75, 3.05) is 11.9 Å². The van der Waals surface area contributed by atoms with E-state index in [1.165, 1.54) is 0 Å². The van der Waals surface area contributed by atoms with E-state index in [4.69, 9.17) is 19.6 Å². The van der Waals surface area contributed by atoms with Crippen molar-refractivity contribution >= 4 is 23.3 Å². The molecule has 6 rings (SSSR count). The van der Waals surface area contributed by atoms with Crippen molar-refractivity contribution < 1.29 is 39.0 Å². The molecule has 4 aliphatic rings. The second kappa shape index (κ2) is 10.7. The van der Waals surface area contributed by atoms with Crippen LogP contribution in [0.4, 0.5) is 5.69 Å². The Kier molecular flexibility index (Phi) is 7.22. The van der Waals surface area contributed by atoms with Crippen LogP contribution in [0.2, 0.25) is 0 Å². The lowest BCUT2D eigenvalue weighted by Crippen LogP contribution is -2.53. The zero-order chi connectivity index (χ0) is 27.8. The van der Waals surface area contributed by atoms with Crippen LogP contribution < -0.4 is 10.6 Å². The number of hydrogen-bond acceptors (Lipinski definition) is 8. The van der Waals surface area contributed by atoms with Gasteiger partial charge in [-0.05, 0) is 49.8 Å². The summed E-state index contributed by atoms with van der Waals surface area (Å²) in [5, 5.41) is 16.6. The molecule has 10 nitrogen and oxygen atoms in total. The topological polar surface area (TPSA) is 132 Å². The summed E-state index contributed by atoms with van der Waals surface area (Å²) in [6, 6.07) is 13.0. The number of carbonyl (C=O) groups is 3. The van der Waals surface area contributed by atoms with Gasteiger partial charge in [0.05, 0.1) is 6.42 Å². The van der Waals surface area contributed by atoms with Crippen LogP contribution in [0.5, 0.6) is 0 Å². The third-order valence-electron chi connectivity index (χ3n) is 8.61. The van der Waals surface area contributed by atoms with Crippen LogP contribution in [0.1, 0.15) is 90.5 Å². The maximum Gasteiger partial charge on any atom is 0.261 e. The van der Waals surface area contributed by atoms with Gasteiger partial charge in [-0.25, -0.2) is 0 Å². The molecule has 0 aromatic heterocycles. The molecule has 10 heteroatoms. The number of ketones is 1. The van der Waals surface area contributed by atoms with E-state index in [-0.39, 0.29) is 11.8 Å². The quantitative estimate of drug-likeness (QED) is 0.359. The molecule has 1 saturated heterocycles. The van der Waals surface area contributed by atoms with E-state index >= 15 is 0 Å². The van der Waals surface area contributed by atoms with Crippen LogP contribution in [-0.2, 0) is 29.9 Å². The SMILES string of the molecule is O=C(CC1(O)C(=O)Nc2ccccc21)c1ccc(C(=O)NCC2CCC3(CC2)OOC2(CCCCC2)OO3)cc1. The molecule has 2 saturated carbocycles. The Morgan fingerprint density at radius 1 is 0.850 bits per heavy atom. The van der Waals surface area contributed by atoms with Gasteiger partial charge in [-0.3, -0.25) is 14.4 Å². The maximum atomic E-state index is 12.9. The number of nitrogens with one attached hydrogen (secondary N) is 2. The van der Waals surface area contributed by atoms with Gasteiger partial charge in [-0.15, -0.1) is 0 Å². The highest BCUT2D eigenvalue weighted by atomic mass is 17.4. The largest absolute Gasteiger partial charge is 0.375 e. The summed E-state index contributed by atoms with van der Waals surface area (Å²) in [4.78, 5) is 61.0. The Balaban J connectivity index is 0.978. The van der Waals surface area contributed by atoms with Crippen LogP contribution in [0, 0.1) is 5.92 Å². The number of aliphatic hydroxyl groups is 1. The summed E-state index contributed by atoms with van der Waals surface area (Å²) in [7, 11) is 0. The molecule has 2 heterocycles. The molecule has 1 atom stereocenters. The van der Waals surface area contributed by atoms with E-state index in [2.05, 4.69) is 10.6 Å². The predicted octanol–water partition coefficient (Wildman–Crippen LogP) is 4.29. The van der Waals surface area contributed by atoms with Crippen LogP contribution in [0.15, 0.2) is 48.5 Å². The van der Waals surface area contributed by atoms with Crippen molar-refractivity contribution in [1.82, 2.24) is 5.32 Å². The van der Waals surface area contributed by atoms with Gasteiger partial charge in [0.25, 0.3) is 11.8 Å². The second-order valence-electron chi connectivity index (χ2n) is 11.4. The molecule has 2 spiro atoms. The molecule has 0 bridgehead atoms. The molecule has 3 N–H and O–H groups in total. The van der Waals surface area contributed by atoms with Gasteiger partial charge in [0.1, 0.15) is 0 Å². The zero-order valence-corrected chi connectivity index (χ0v) is 22.3. The number of para-hydroxylation sites is 1. The van der Waals surface area contributed by atoms with Gasteiger partial charge in [-0.2, -0.15) is 19.6 Å². The molecule has 2 aliphatic heterocycles. The van der Waals surface area contributed by atoms with Crippen molar-refractivity contribution in [3.63, 3.8) is 0 Å². The summed E-state index contributed by atoms with van der Waals surface area (Å²) < 4.78 is 0. The molecular weight excluding hydrogens is 516 g/mol. The van der Waals surface area contributed by atoms with E-state index in [1.54, 1.807) is 48.5 Å². The van der Waals surface area contributed by atoms with Gasteiger partial charge in [0, 0.05) is 54.6 Å². The number of anilines is 1. The molecule has 212 valence electrons. The molecule has 2 aromatic carbocycles. The normalized spacial score (nSPS) is 25.4. The predicted molar refractivity (Wildman–Crippen MR) is 142 cm³/mol. The van der Waals surface area contributed by atoms with Crippen molar-refractivity contribution in [2.45, 2.75) is 81.4 Å². The van der Waals surface area contributed by atoms with Gasteiger partial charge in [0.15, 0.2) is 11.4 Å². The number of hydrogen-bond donors (Lipinski definition) is 3. The lowest BCUT2D eigenvalue weighted by Gasteiger charge is -2.46. The Morgan fingerprint density at radius 2 is 1.45 bits per heavy atom. The Labute approximate surface area is 232 Å². The molecule has 40 heavy (non-hydrogen) atoms. The first-order valence-corrected chi connectivity index (χ1v) is 14.1. The van der Waals surface area contributed by atoms with E-state index in [0.717, 1.165) is 44.9 Å². The fourth-order valence-electron chi connectivity index (χ4n) is 6.03. The number of Topliss-reactive ketones (excluding diaryl/α,β-unsaturated/α-hetero) is 1. The molecule has 2 amide bonds. The minimum absolute atomic E-state index is 0.238. The zero-order valence-electron chi connectivity index (χ0n) is 22.3. The van der Waals surface area contributed by atoms with Gasteiger partial charge in [0.2, 0.25) is 11.6 Å². The number of rotatable bonds is 6. The van der Waals surface area contributed by atoms with Gasteiger partial charge < -0.3 is 15.7 Å². The van der Waals surface area contributed by atoms with E-state index in [9.17, 15) is 19.5 Å². The fourth-order valence-corrected chi connectivity index (χ4v) is 6.03. The highest BCUT2D eigenvalue weighted by Crippen LogP contribution is 2.45. The average molecular weight is 551 g/mol. The summed E-state index contributed by atoms with van der Waals surface area (Å²) in [5.41, 5.74) is -0.313. The van der Waals surface area contributed by atoms with Crippen LogP contribution in [-0.4, -0.2) is 40.8 Å². The third kappa shape index (κ3) is 5.17. The van der Waals surface area contributed by atoms with Crippen LogP contribution in [0.25, 0.3) is 0 Å². The van der Waals surface area contributed by atoms with Crippen molar-refractivity contribution in [1.29, 1.82) is 0 Å². The summed E-state index contributed by atoms with van der Waals surface area (Å²) in [5.74, 6) is -2.66. The van der Waals surface area contributed by atoms with Crippen molar-refractivity contribution in [3.05, 3.63) is 65.2 Å². The summed E-state index contributed by atoms with van der Waals surface area (Å²) in [6.07, 6.45) is 7.13. The van der Waals surface area contributed by atoms with Crippen LogP contribution in [0.3, 0.4) is 0 Å². The summed E-state index contributed by atoms with van der Waals surface area (Å²) >= 11 is 0. The Hall–Kier alpha value is -3.15. The van der Waals surface area contributed by atoms with Crippen molar-refractivity contribution in [2.24, 2.45) is 5.92 Å². The van der Waals surface area contributed by atoms with E-state index < -0.39 is 35.3 Å². The van der Waals surface area contributed by atoms with Gasteiger partial charge >= 0.3 is 0 Å². The van der Waals surface area contributed by atoms with Gasteiger partial charge in [-0.1, -0.05) is 36.8 Å². The number of fused-ring (bicyclic) bond motifs is 1. The molecule has 0 radical (unpaired) electrons. The number of benzene rings is 2. The Bertz CT molecular complexity index is 1270. The summed E-state index contributed by atoms with van der Waals surface area (Å²) in [6.45, 7) is 0.503. The average Bonchev–Trinajstić information content (AvgIpc) is 3.24. The first-order valence-electron chi connectivity index (χ1n) is 14.1. The van der Waals surface area contributed by atoms with E-state index in [1.807, 2.05) is 0 Å². The molecule has 2 aliphatic carbocycles. The maximum absolute atomic E-state index is 12.9. The fraction of sp³-hybridized carbons (Fsp3) is 0.500. The first kappa shape index (κ1) is 27.0. The highest BCUT2D eigenvalue weighted by Gasteiger charge is 2.51. The third-order valence-corrected chi connectivity index (χ3v) is 8.61. The number of carbonyl (C=O) groups excluding carboxylic acids is 3. The molecular formula is C30H34N2O8. The van der Waals surface area contributed by atoms with Crippen molar-refractivity contribution in [3.8, 4) is 0 Å². The smallest absolute Gasteiger partial charge is 0.261 e. The minimum atomic E-state index is -1.93. The highest BCUT2D eigenvalue weighted by molar-refractivity contribution is 6.09. The Morgan fingerprint density at radius 3 is 2.12 bits per heavy atom. The second-order valence-corrected chi connectivity index (χ2v) is 11.4. The molecule has 1 unspecified atom stereocenters. The van der Waals surface area contributed by atoms with Crippen LogP contribution >= 0.6 is 0 Å². The lowest BCUT2D eigenvalue weighted by molar-refractivity contribution is -0.663. The minimum Gasteiger partial charge on any atom is -0.375 e. The standard InChI is InChI=1S/C30H34N2O8/c33-25(18-30(36)23-6-2-3-7-24(23)32-27(30)35)21-8-10-22(11-9-21)26(34)31-19-20-12-16-29(17-13-20)39-37-28(38-40-29)14-4-1-5-15-28/h2-3,6-11,20,36H,1,4-5,12-19H2,(H,31,34)(H,32,35). The van der Waals surface area contributed by atoms with E-state index in [0.29, 0.717) is 41.8 Å². The lowest BCUT2D eigenvalue weighted by atomic mass is 9.85.